The van der Waals surface area contributed by atoms with Crippen molar-refractivity contribution in [3.05, 3.63) is 76.5 Å². The fourth-order valence-electron chi connectivity index (χ4n) is 4.65. The summed E-state index contributed by atoms with van der Waals surface area (Å²) in [6, 6.07) is 17.9. The first-order valence-electron chi connectivity index (χ1n) is 12.8. The SMILES string of the molecule is CCOc1ccc(C(C(=O)NCC2CCCO2)N(Cc2cccs2)C(=O)Cn2nnc3ccccc32)cc1. The molecule has 2 aromatic heterocycles. The zero-order chi connectivity index (χ0) is 26.3. The smallest absolute Gasteiger partial charge is 0.247 e. The lowest BCUT2D eigenvalue weighted by Gasteiger charge is -2.31. The van der Waals surface area contributed by atoms with Crippen LogP contribution in [0.4, 0.5) is 0 Å². The number of thiophene rings is 1. The summed E-state index contributed by atoms with van der Waals surface area (Å²) >= 11 is 1.55. The summed E-state index contributed by atoms with van der Waals surface area (Å²) in [5, 5.41) is 13.4. The van der Waals surface area contributed by atoms with Crippen LogP contribution >= 0.6 is 11.3 Å². The van der Waals surface area contributed by atoms with Crippen LogP contribution in [0.2, 0.25) is 0 Å². The van der Waals surface area contributed by atoms with Crippen molar-refractivity contribution in [3.8, 4) is 5.75 Å². The Kier molecular flexibility index (Phi) is 8.30. The van der Waals surface area contributed by atoms with Gasteiger partial charge in [0, 0.05) is 18.0 Å². The molecule has 2 amide bonds. The Balaban J connectivity index is 1.47. The third-order valence-electron chi connectivity index (χ3n) is 6.53. The molecule has 9 nitrogen and oxygen atoms in total. The van der Waals surface area contributed by atoms with Gasteiger partial charge in [-0.2, -0.15) is 0 Å². The minimum atomic E-state index is -0.850. The first kappa shape index (κ1) is 25.9. The maximum Gasteiger partial charge on any atom is 0.247 e. The molecule has 38 heavy (non-hydrogen) atoms. The fraction of sp³-hybridized carbons (Fsp3) is 0.357. The van der Waals surface area contributed by atoms with E-state index in [0.29, 0.717) is 36.6 Å². The third-order valence-corrected chi connectivity index (χ3v) is 7.39. The normalized spacial score (nSPS) is 15.9. The molecule has 3 heterocycles. The van der Waals surface area contributed by atoms with Gasteiger partial charge in [-0.1, -0.05) is 35.5 Å². The minimum absolute atomic E-state index is 0.0112. The summed E-state index contributed by atoms with van der Waals surface area (Å²) in [6.45, 7) is 3.82. The summed E-state index contributed by atoms with van der Waals surface area (Å²) in [5.41, 5.74) is 2.17. The number of nitrogens with one attached hydrogen (secondary N) is 1. The van der Waals surface area contributed by atoms with Crippen LogP contribution in [0.3, 0.4) is 0 Å². The molecule has 0 radical (unpaired) electrons. The highest BCUT2D eigenvalue weighted by Crippen LogP contribution is 2.28. The lowest BCUT2D eigenvalue weighted by atomic mass is 10.0. The predicted octanol–water partition coefficient (Wildman–Crippen LogP) is 3.96. The Morgan fingerprint density at radius 3 is 2.76 bits per heavy atom. The number of para-hydroxylation sites is 1. The number of hydrogen-bond acceptors (Lipinski definition) is 7. The zero-order valence-electron chi connectivity index (χ0n) is 21.3. The first-order chi connectivity index (χ1) is 18.6. The summed E-state index contributed by atoms with van der Waals surface area (Å²) < 4.78 is 12.9. The van der Waals surface area contributed by atoms with Crippen LogP contribution in [-0.4, -0.2) is 57.6 Å². The van der Waals surface area contributed by atoms with Crippen LogP contribution in [0.15, 0.2) is 66.0 Å². The first-order valence-corrected chi connectivity index (χ1v) is 13.7. The lowest BCUT2D eigenvalue weighted by molar-refractivity contribution is -0.142. The highest BCUT2D eigenvalue weighted by Gasteiger charge is 2.33. The predicted molar refractivity (Wildman–Crippen MR) is 145 cm³/mol. The van der Waals surface area contributed by atoms with Gasteiger partial charge >= 0.3 is 0 Å². The molecule has 2 atom stereocenters. The van der Waals surface area contributed by atoms with Crippen LogP contribution in [0.25, 0.3) is 11.0 Å². The summed E-state index contributed by atoms with van der Waals surface area (Å²) in [4.78, 5) is 30.3. The molecule has 1 N–H and O–H groups in total. The molecule has 4 aromatic rings. The van der Waals surface area contributed by atoms with Crippen LogP contribution in [0.5, 0.6) is 5.75 Å². The van der Waals surface area contributed by atoms with Crippen LogP contribution in [-0.2, 0) is 27.4 Å². The second kappa shape index (κ2) is 12.2. The molecule has 0 saturated carbocycles. The monoisotopic (exact) mass is 533 g/mol. The van der Waals surface area contributed by atoms with Crippen LogP contribution in [0.1, 0.15) is 36.2 Å². The Hall–Kier alpha value is -3.76. The van der Waals surface area contributed by atoms with E-state index in [1.807, 2.05) is 73.0 Å². The number of hydrogen-bond donors (Lipinski definition) is 1. The summed E-state index contributed by atoms with van der Waals surface area (Å²) in [5.74, 6) is 0.221. The number of benzene rings is 2. The number of nitrogens with zero attached hydrogens (tertiary/aromatic N) is 4. The van der Waals surface area contributed by atoms with E-state index in [1.165, 1.54) is 0 Å². The molecule has 1 fully saturated rings. The number of aromatic nitrogens is 3. The van der Waals surface area contributed by atoms with E-state index in [-0.39, 0.29) is 31.0 Å². The van der Waals surface area contributed by atoms with Gasteiger partial charge in [0.2, 0.25) is 11.8 Å². The van der Waals surface area contributed by atoms with Gasteiger partial charge in [0.05, 0.1) is 24.8 Å². The molecule has 1 aliphatic heterocycles. The topological polar surface area (TPSA) is 98.6 Å². The lowest BCUT2D eigenvalue weighted by Crippen LogP contribution is -2.46. The summed E-state index contributed by atoms with van der Waals surface area (Å²) in [6.07, 6.45) is 1.88. The van der Waals surface area contributed by atoms with Gasteiger partial charge in [0.15, 0.2) is 0 Å². The number of rotatable bonds is 11. The molecule has 2 aromatic carbocycles. The number of carbonyl (C=O) groups is 2. The van der Waals surface area contributed by atoms with Crippen molar-refractivity contribution in [2.24, 2.45) is 0 Å². The van der Waals surface area contributed by atoms with E-state index < -0.39 is 6.04 Å². The Labute approximate surface area is 225 Å². The molecule has 0 aliphatic carbocycles. The Morgan fingerprint density at radius 1 is 1.18 bits per heavy atom. The molecular weight excluding hydrogens is 502 g/mol. The maximum atomic E-state index is 13.9. The molecule has 5 rings (SSSR count). The average molecular weight is 534 g/mol. The fourth-order valence-corrected chi connectivity index (χ4v) is 5.35. The molecule has 10 heteroatoms. The number of ether oxygens (including phenoxy) is 2. The molecule has 1 aliphatic rings. The van der Waals surface area contributed by atoms with Gasteiger partial charge in [-0.3, -0.25) is 9.59 Å². The van der Waals surface area contributed by atoms with E-state index in [1.54, 1.807) is 20.9 Å². The minimum Gasteiger partial charge on any atom is -0.494 e. The van der Waals surface area contributed by atoms with E-state index in [2.05, 4.69) is 15.6 Å². The maximum absolute atomic E-state index is 13.9. The van der Waals surface area contributed by atoms with E-state index >= 15 is 0 Å². The molecule has 198 valence electrons. The zero-order valence-corrected chi connectivity index (χ0v) is 22.1. The highest BCUT2D eigenvalue weighted by molar-refractivity contribution is 7.09. The second-order valence-electron chi connectivity index (χ2n) is 9.12. The van der Waals surface area contributed by atoms with Crippen molar-refractivity contribution in [3.63, 3.8) is 0 Å². The van der Waals surface area contributed by atoms with Crippen molar-refractivity contribution in [2.75, 3.05) is 19.8 Å². The molecular formula is C28H31N5O4S. The standard InChI is InChI=1S/C28H31N5O4S/c1-2-36-21-13-11-20(12-14-21)27(28(35)29-17-22-7-5-15-37-22)32(18-23-8-6-16-38-23)26(34)19-33-25-10-4-3-9-24(25)30-31-33/h3-4,6,8-14,16,22,27H,2,5,7,15,17-19H2,1H3,(H,29,35). The van der Waals surface area contributed by atoms with Crippen molar-refractivity contribution < 1.29 is 19.1 Å². The van der Waals surface area contributed by atoms with E-state index in [0.717, 1.165) is 23.2 Å². The van der Waals surface area contributed by atoms with Crippen LogP contribution < -0.4 is 10.1 Å². The second-order valence-corrected chi connectivity index (χ2v) is 10.2. The van der Waals surface area contributed by atoms with Gasteiger partial charge < -0.3 is 19.7 Å². The van der Waals surface area contributed by atoms with Crippen molar-refractivity contribution in [1.82, 2.24) is 25.2 Å². The van der Waals surface area contributed by atoms with Crippen LogP contribution in [0, 0.1) is 0 Å². The Morgan fingerprint density at radius 2 is 2.03 bits per heavy atom. The third kappa shape index (κ3) is 6.03. The number of amides is 2. The Bertz CT molecular complexity index is 1350. The average Bonchev–Trinajstić information content (AvgIpc) is 3.71. The van der Waals surface area contributed by atoms with Gasteiger partial charge in [-0.25, -0.2) is 4.68 Å². The van der Waals surface area contributed by atoms with E-state index in [9.17, 15) is 9.59 Å². The van der Waals surface area contributed by atoms with Gasteiger partial charge in [-0.05, 0) is 61.0 Å². The number of carbonyl (C=O) groups excluding carboxylic acids is 2. The highest BCUT2D eigenvalue weighted by atomic mass is 32.1. The molecule has 0 bridgehead atoms. The van der Waals surface area contributed by atoms with Gasteiger partial charge in [0.25, 0.3) is 0 Å². The molecule has 0 spiro atoms. The van der Waals surface area contributed by atoms with Crippen molar-refractivity contribution in [2.45, 2.75) is 45.0 Å². The van der Waals surface area contributed by atoms with Gasteiger partial charge in [-0.15, -0.1) is 16.4 Å². The van der Waals surface area contributed by atoms with E-state index in [4.69, 9.17) is 9.47 Å². The van der Waals surface area contributed by atoms with Crippen molar-refractivity contribution in [1.29, 1.82) is 0 Å². The quantitative estimate of drug-likeness (QED) is 0.313. The summed E-state index contributed by atoms with van der Waals surface area (Å²) in [7, 11) is 0. The van der Waals surface area contributed by atoms with Crippen molar-refractivity contribution >= 4 is 34.2 Å². The number of fused-ring (bicyclic) bond motifs is 1. The molecule has 2 unspecified atom stereocenters. The van der Waals surface area contributed by atoms with Gasteiger partial charge in [0.1, 0.15) is 23.9 Å². The largest absolute Gasteiger partial charge is 0.494 e. The molecule has 1 saturated heterocycles.